The molecule has 2 aromatic carbocycles. The van der Waals surface area contributed by atoms with Gasteiger partial charge in [0.1, 0.15) is 6.67 Å². The second-order valence-corrected chi connectivity index (χ2v) is 10.3. The van der Waals surface area contributed by atoms with Crippen LogP contribution in [-0.4, -0.2) is 55.4 Å². The first-order valence-electron chi connectivity index (χ1n) is 11.5. The Morgan fingerprint density at radius 2 is 2.06 bits per heavy atom. The van der Waals surface area contributed by atoms with Crippen LogP contribution in [0, 0.1) is 12.8 Å². The van der Waals surface area contributed by atoms with Gasteiger partial charge in [0.15, 0.2) is 5.01 Å². The highest BCUT2D eigenvalue weighted by Crippen LogP contribution is 2.31. The van der Waals surface area contributed by atoms with Crippen molar-refractivity contribution in [3.63, 3.8) is 0 Å². The average molecular weight is 496 g/mol. The Labute approximate surface area is 208 Å². The number of alkyl halides is 1. The van der Waals surface area contributed by atoms with Crippen molar-refractivity contribution in [2.45, 2.75) is 20.0 Å². The number of nitrogens with zero attached hydrogens (tertiary/aromatic N) is 3. The monoisotopic (exact) mass is 495 g/mol. The van der Waals surface area contributed by atoms with Gasteiger partial charge in [0.25, 0.3) is 11.8 Å². The average Bonchev–Trinajstić information content (AvgIpc) is 3.49. The second-order valence-electron chi connectivity index (χ2n) is 9.26. The van der Waals surface area contributed by atoms with Crippen LogP contribution in [0.5, 0.6) is 0 Å². The van der Waals surface area contributed by atoms with Gasteiger partial charge in [0, 0.05) is 42.8 Å². The number of thiazole rings is 1. The highest BCUT2D eigenvalue weighted by Gasteiger charge is 2.24. The number of nitrogens with one attached hydrogen (secondary N) is 1. The van der Waals surface area contributed by atoms with Crippen molar-refractivity contribution >= 4 is 34.5 Å². The van der Waals surface area contributed by atoms with E-state index >= 15 is 0 Å². The molecule has 1 aliphatic rings. The fourth-order valence-electron chi connectivity index (χ4n) is 4.48. The van der Waals surface area contributed by atoms with E-state index in [0.29, 0.717) is 22.7 Å². The SMILES string of the molecule is Cc1ccc(C(=O)Nc2cc(CF)cc(N3CC[C@H](CN(C)C)C3)c2)cc1-c1cnc(C(N)=O)s1. The van der Waals surface area contributed by atoms with Crippen LogP contribution in [0.25, 0.3) is 10.4 Å². The molecular weight excluding hydrogens is 465 g/mol. The predicted octanol–water partition coefficient (Wildman–Crippen LogP) is 4.33. The molecule has 2 amide bonds. The van der Waals surface area contributed by atoms with Crippen LogP contribution in [-0.2, 0) is 6.67 Å². The van der Waals surface area contributed by atoms with Gasteiger partial charge in [-0.2, -0.15) is 0 Å². The summed E-state index contributed by atoms with van der Waals surface area (Å²) in [6.07, 6.45) is 2.67. The van der Waals surface area contributed by atoms with Crippen molar-refractivity contribution in [3.8, 4) is 10.4 Å². The molecule has 0 aliphatic carbocycles. The maximum absolute atomic E-state index is 13.6. The number of carbonyl (C=O) groups excluding carboxylic acids is 2. The van der Waals surface area contributed by atoms with Crippen LogP contribution in [0.2, 0.25) is 0 Å². The number of amides is 2. The summed E-state index contributed by atoms with van der Waals surface area (Å²) in [6.45, 7) is 4.15. The molecule has 1 aromatic heterocycles. The van der Waals surface area contributed by atoms with Gasteiger partial charge in [-0.3, -0.25) is 9.59 Å². The standard InChI is InChI=1S/C26H30FN5O2S/c1-16-4-5-19(10-22(16)23-13-29-26(35-23)24(28)33)25(34)30-20-8-18(12-27)9-21(11-20)32-7-6-17(15-32)14-31(2)3/h4-5,8-11,13,17H,6-7,12,14-15H2,1-3H3,(H2,28,33)(H,30,34)/t17-/m1/s1. The first-order chi connectivity index (χ1) is 16.7. The van der Waals surface area contributed by atoms with Gasteiger partial charge in [-0.1, -0.05) is 6.07 Å². The van der Waals surface area contributed by atoms with Crippen LogP contribution in [0.3, 0.4) is 0 Å². The molecule has 1 saturated heterocycles. The molecule has 35 heavy (non-hydrogen) atoms. The highest BCUT2D eigenvalue weighted by atomic mass is 32.1. The van der Waals surface area contributed by atoms with Crippen molar-refractivity contribution in [2.24, 2.45) is 11.7 Å². The van der Waals surface area contributed by atoms with Gasteiger partial charge in [-0.25, -0.2) is 9.37 Å². The molecule has 0 spiro atoms. The Hall–Kier alpha value is -3.30. The van der Waals surface area contributed by atoms with Crippen LogP contribution in [0.15, 0.2) is 42.6 Å². The summed E-state index contributed by atoms with van der Waals surface area (Å²) in [4.78, 5) is 33.8. The summed E-state index contributed by atoms with van der Waals surface area (Å²) < 4.78 is 13.6. The molecule has 0 radical (unpaired) electrons. The smallest absolute Gasteiger partial charge is 0.277 e. The first kappa shape index (κ1) is 24.8. The van der Waals surface area contributed by atoms with Gasteiger partial charge < -0.3 is 20.9 Å². The number of carbonyl (C=O) groups is 2. The zero-order valence-electron chi connectivity index (χ0n) is 20.2. The maximum Gasteiger partial charge on any atom is 0.277 e. The number of nitrogens with two attached hydrogens (primary N) is 1. The quantitative estimate of drug-likeness (QED) is 0.486. The summed E-state index contributed by atoms with van der Waals surface area (Å²) in [5.74, 6) is -0.313. The molecule has 184 valence electrons. The number of benzene rings is 2. The third-order valence-corrected chi connectivity index (χ3v) is 7.19. The minimum absolute atomic E-state index is 0.222. The van der Waals surface area contributed by atoms with Crippen molar-refractivity contribution in [1.29, 1.82) is 0 Å². The van der Waals surface area contributed by atoms with E-state index < -0.39 is 12.6 Å². The minimum atomic E-state index is -0.603. The summed E-state index contributed by atoms with van der Waals surface area (Å²) in [7, 11) is 4.14. The fourth-order valence-corrected chi connectivity index (χ4v) is 5.33. The molecular formula is C26H30FN5O2S. The number of aryl methyl sites for hydroxylation is 1. The number of halogens is 1. The fraction of sp³-hybridized carbons (Fsp3) is 0.346. The Kier molecular flexibility index (Phi) is 7.47. The minimum Gasteiger partial charge on any atom is -0.371 e. The summed E-state index contributed by atoms with van der Waals surface area (Å²) >= 11 is 1.19. The van der Waals surface area contributed by atoms with Crippen molar-refractivity contribution in [3.05, 3.63) is 64.3 Å². The van der Waals surface area contributed by atoms with E-state index in [1.54, 1.807) is 24.4 Å². The number of rotatable bonds is 8. The number of primary amides is 1. The van der Waals surface area contributed by atoms with Crippen LogP contribution in [0.1, 0.15) is 37.7 Å². The van der Waals surface area contributed by atoms with Gasteiger partial charge in [-0.15, -0.1) is 11.3 Å². The lowest BCUT2D eigenvalue weighted by Gasteiger charge is -2.22. The van der Waals surface area contributed by atoms with Gasteiger partial charge in [0.2, 0.25) is 0 Å². The van der Waals surface area contributed by atoms with Crippen molar-refractivity contribution in [1.82, 2.24) is 9.88 Å². The second kappa shape index (κ2) is 10.5. The molecule has 3 N–H and O–H groups in total. The topological polar surface area (TPSA) is 91.6 Å². The lowest BCUT2D eigenvalue weighted by atomic mass is 10.0. The van der Waals surface area contributed by atoms with Crippen LogP contribution in [0.4, 0.5) is 15.8 Å². The maximum atomic E-state index is 13.6. The molecule has 1 fully saturated rings. The summed E-state index contributed by atoms with van der Waals surface area (Å²) in [5.41, 5.74) is 9.56. The zero-order chi connectivity index (χ0) is 25.1. The van der Waals surface area contributed by atoms with E-state index in [1.165, 1.54) is 11.3 Å². The van der Waals surface area contributed by atoms with E-state index in [-0.39, 0.29) is 10.9 Å². The summed E-state index contributed by atoms with van der Waals surface area (Å²) in [5, 5.41) is 3.16. The molecule has 0 saturated carbocycles. The molecule has 0 unspecified atom stereocenters. The largest absolute Gasteiger partial charge is 0.371 e. The van der Waals surface area contributed by atoms with Crippen molar-refractivity contribution < 1.29 is 14.0 Å². The number of anilines is 2. The Balaban J connectivity index is 1.55. The third-order valence-electron chi connectivity index (χ3n) is 6.15. The van der Waals surface area contributed by atoms with E-state index in [4.69, 9.17) is 5.73 Å². The molecule has 4 rings (SSSR count). The third kappa shape index (κ3) is 5.86. The van der Waals surface area contributed by atoms with E-state index in [1.807, 2.05) is 25.1 Å². The molecule has 2 heterocycles. The van der Waals surface area contributed by atoms with Gasteiger partial charge in [0.05, 0.1) is 4.88 Å². The van der Waals surface area contributed by atoms with Crippen molar-refractivity contribution in [2.75, 3.05) is 43.9 Å². The van der Waals surface area contributed by atoms with E-state index in [2.05, 4.69) is 34.2 Å². The zero-order valence-corrected chi connectivity index (χ0v) is 21.0. The van der Waals surface area contributed by atoms with E-state index in [9.17, 15) is 14.0 Å². The Morgan fingerprint density at radius 1 is 1.26 bits per heavy atom. The molecule has 1 atom stereocenters. The number of hydrogen-bond acceptors (Lipinski definition) is 6. The molecule has 1 aliphatic heterocycles. The lowest BCUT2D eigenvalue weighted by Crippen LogP contribution is -2.25. The molecule has 3 aromatic rings. The molecule has 9 heteroatoms. The predicted molar refractivity (Wildman–Crippen MR) is 139 cm³/mol. The molecule has 0 bridgehead atoms. The van der Waals surface area contributed by atoms with Gasteiger partial charge >= 0.3 is 0 Å². The lowest BCUT2D eigenvalue weighted by molar-refractivity contribution is 0.0997. The Morgan fingerprint density at radius 3 is 2.74 bits per heavy atom. The van der Waals surface area contributed by atoms with Crippen LogP contribution < -0.4 is 16.0 Å². The Bertz CT molecular complexity index is 1240. The summed E-state index contributed by atoms with van der Waals surface area (Å²) in [6, 6.07) is 10.8. The molecule has 7 nitrogen and oxygen atoms in total. The van der Waals surface area contributed by atoms with E-state index in [0.717, 1.165) is 47.7 Å². The van der Waals surface area contributed by atoms with Crippen LogP contribution >= 0.6 is 11.3 Å². The van der Waals surface area contributed by atoms with Gasteiger partial charge in [-0.05, 0) is 80.4 Å². The number of aromatic nitrogens is 1. The number of hydrogen-bond donors (Lipinski definition) is 2. The first-order valence-corrected chi connectivity index (χ1v) is 12.3. The highest BCUT2D eigenvalue weighted by molar-refractivity contribution is 7.17. The normalized spacial score (nSPS) is 15.6.